The summed E-state index contributed by atoms with van der Waals surface area (Å²) >= 11 is 6.06. The first-order valence-electron chi connectivity index (χ1n) is 14.8. The van der Waals surface area contributed by atoms with E-state index in [1.165, 1.54) is 29.2 Å². The Balaban J connectivity index is 1.81. The van der Waals surface area contributed by atoms with Crippen molar-refractivity contribution >= 4 is 39.1 Å². The zero-order valence-electron chi connectivity index (χ0n) is 26.3. The average Bonchev–Trinajstić information content (AvgIpc) is 2.98. The van der Waals surface area contributed by atoms with Crippen molar-refractivity contribution in [3.63, 3.8) is 0 Å². The quantitative estimate of drug-likeness (QED) is 0.197. The number of rotatable bonds is 11. The highest BCUT2D eigenvalue weighted by Crippen LogP contribution is 2.27. The van der Waals surface area contributed by atoms with Gasteiger partial charge in [0.2, 0.25) is 11.8 Å². The third-order valence-electron chi connectivity index (χ3n) is 7.21. The number of halogens is 1. The molecule has 0 unspecified atom stereocenters. The molecule has 2 amide bonds. The van der Waals surface area contributed by atoms with Gasteiger partial charge in [0.25, 0.3) is 10.0 Å². The lowest BCUT2D eigenvalue weighted by molar-refractivity contribution is -0.140. The number of amides is 2. The van der Waals surface area contributed by atoms with E-state index in [9.17, 15) is 18.0 Å². The summed E-state index contributed by atoms with van der Waals surface area (Å²) in [5.74, 6) is -0.839. The van der Waals surface area contributed by atoms with Gasteiger partial charge in [0, 0.05) is 23.5 Å². The molecule has 4 rings (SSSR count). The van der Waals surface area contributed by atoms with Gasteiger partial charge in [0.1, 0.15) is 12.6 Å². The summed E-state index contributed by atoms with van der Waals surface area (Å²) in [5, 5.41) is 3.44. The van der Waals surface area contributed by atoms with Crippen LogP contribution in [0.4, 0.5) is 5.69 Å². The molecule has 0 aliphatic rings. The van der Waals surface area contributed by atoms with Gasteiger partial charge < -0.3 is 10.2 Å². The Morgan fingerprint density at radius 2 is 1.44 bits per heavy atom. The smallest absolute Gasteiger partial charge is 0.264 e. The van der Waals surface area contributed by atoms with E-state index in [2.05, 4.69) is 5.32 Å². The van der Waals surface area contributed by atoms with Crippen molar-refractivity contribution in [1.82, 2.24) is 10.2 Å². The van der Waals surface area contributed by atoms with Crippen LogP contribution >= 0.6 is 11.6 Å². The first kappa shape index (κ1) is 33.7. The number of anilines is 1. The number of hydrogen-bond acceptors (Lipinski definition) is 4. The summed E-state index contributed by atoms with van der Waals surface area (Å²) in [7, 11) is -4.20. The summed E-state index contributed by atoms with van der Waals surface area (Å²) in [4.78, 5) is 30.0. The summed E-state index contributed by atoms with van der Waals surface area (Å²) in [6, 6.07) is 29.1. The molecule has 0 heterocycles. The van der Waals surface area contributed by atoms with Gasteiger partial charge in [-0.3, -0.25) is 13.9 Å². The summed E-state index contributed by atoms with van der Waals surface area (Å²) in [6.45, 7) is 9.07. The molecule has 9 heteroatoms. The van der Waals surface area contributed by atoms with Crippen LogP contribution in [0.25, 0.3) is 0 Å². The topological polar surface area (TPSA) is 86.8 Å². The highest BCUT2D eigenvalue weighted by atomic mass is 35.5. The number of carbonyl (C=O) groups excluding carboxylic acids is 2. The van der Waals surface area contributed by atoms with E-state index < -0.39 is 34.1 Å². The number of carbonyl (C=O) groups is 2. The highest BCUT2D eigenvalue weighted by Gasteiger charge is 2.35. The number of benzene rings is 4. The molecule has 0 aromatic heterocycles. The first-order valence-corrected chi connectivity index (χ1v) is 16.6. The van der Waals surface area contributed by atoms with Crippen molar-refractivity contribution in [3.8, 4) is 0 Å². The summed E-state index contributed by atoms with van der Waals surface area (Å²) in [5.41, 5.74) is 3.36. The fourth-order valence-electron chi connectivity index (χ4n) is 4.94. The maximum Gasteiger partial charge on any atom is 0.264 e. The van der Waals surface area contributed by atoms with Gasteiger partial charge in [-0.1, -0.05) is 83.9 Å². The Labute approximate surface area is 271 Å². The fourth-order valence-corrected chi connectivity index (χ4v) is 6.47. The van der Waals surface area contributed by atoms with Gasteiger partial charge in [-0.2, -0.15) is 0 Å². The number of hydrogen-bond donors (Lipinski definition) is 1. The van der Waals surface area contributed by atoms with E-state index in [0.717, 1.165) is 26.6 Å². The molecule has 1 atom stereocenters. The van der Waals surface area contributed by atoms with Crippen molar-refractivity contribution in [2.45, 2.75) is 64.1 Å². The standard InChI is InChI=1S/C36H40ClN3O4S/c1-26-14-16-29(17-15-26)24-39(33(35(42)38-36(3,4)5)23-28-11-7-6-8-12-28)34(41)25-40(31-13-9-10-27(2)22-31)45(43,44)32-20-18-30(37)19-21-32/h6-22,33H,23-25H2,1-5H3,(H,38,42)/t33-/m1/s1. The normalized spacial score (nSPS) is 12.3. The summed E-state index contributed by atoms with van der Waals surface area (Å²) < 4.78 is 29.4. The van der Waals surface area contributed by atoms with Gasteiger partial charge in [-0.15, -0.1) is 0 Å². The zero-order valence-corrected chi connectivity index (χ0v) is 27.9. The van der Waals surface area contributed by atoms with Crippen LogP contribution in [0.2, 0.25) is 5.02 Å². The predicted octanol–water partition coefficient (Wildman–Crippen LogP) is 6.71. The third kappa shape index (κ3) is 9.19. The minimum Gasteiger partial charge on any atom is -0.350 e. The molecule has 0 saturated heterocycles. The second-order valence-corrected chi connectivity index (χ2v) is 14.6. The molecule has 4 aromatic rings. The number of sulfonamides is 1. The molecule has 4 aromatic carbocycles. The van der Waals surface area contributed by atoms with Crippen LogP contribution in [0.5, 0.6) is 0 Å². The Kier molecular flexibility index (Phi) is 10.7. The molecular weight excluding hydrogens is 606 g/mol. The molecule has 236 valence electrons. The van der Waals surface area contributed by atoms with Crippen LogP contribution in [0.3, 0.4) is 0 Å². The van der Waals surface area contributed by atoms with E-state index in [4.69, 9.17) is 11.6 Å². The molecule has 7 nitrogen and oxygen atoms in total. The van der Waals surface area contributed by atoms with Crippen LogP contribution in [0, 0.1) is 13.8 Å². The Bertz CT molecular complexity index is 1720. The molecule has 0 saturated carbocycles. The molecule has 1 N–H and O–H groups in total. The molecular formula is C36H40ClN3O4S. The molecule has 0 aliphatic heterocycles. The highest BCUT2D eigenvalue weighted by molar-refractivity contribution is 7.92. The summed E-state index contributed by atoms with van der Waals surface area (Å²) in [6.07, 6.45) is 0.245. The predicted molar refractivity (Wildman–Crippen MR) is 181 cm³/mol. The SMILES string of the molecule is Cc1ccc(CN(C(=O)CN(c2cccc(C)c2)S(=O)(=O)c2ccc(Cl)cc2)[C@H](Cc2ccccc2)C(=O)NC(C)(C)C)cc1. The minimum absolute atomic E-state index is 0.00222. The first-order chi connectivity index (χ1) is 21.2. The molecule has 0 aliphatic carbocycles. The number of aryl methyl sites for hydroxylation is 2. The molecule has 0 radical (unpaired) electrons. The fraction of sp³-hybridized carbons (Fsp3) is 0.278. The number of nitrogens with one attached hydrogen (secondary N) is 1. The van der Waals surface area contributed by atoms with Crippen LogP contribution in [0.1, 0.15) is 43.0 Å². The van der Waals surface area contributed by atoms with Crippen molar-refractivity contribution in [1.29, 1.82) is 0 Å². The van der Waals surface area contributed by atoms with Crippen LogP contribution in [0.15, 0.2) is 108 Å². The maximum absolute atomic E-state index is 14.5. The lowest BCUT2D eigenvalue weighted by Crippen LogP contribution is -2.56. The van der Waals surface area contributed by atoms with Gasteiger partial charge in [0.15, 0.2) is 0 Å². The van der Waals surface area contributed by atoms with E-state index in [1.54, 1.807) is 18.2 Å². The van der Waals surface area contributed by atoms with Crippen molar-refractivity contribution in [2.24, 2.45) is 0 Å². The van der Waals surface area contributed by atoms with Crippen LogP contribution in [-0.4, -0.2) is 43.3 Å². The van der Waals surface area contributed by atoms with Crippen molar-refractivity contribution < 1.29 is 18.0 Å². The van der Waals surface area contributed by atoms with E-state index >= 15 is 0 Å². The lowest BCUT2D eigenvalue weighted by Gasteiger charge is -2.35. The Morgan fingerprint density at radius 1 is 0.800 bits per heavy atom. The number of nitrogens with zero attached hydrogens (tertiary/aromatic N) is 2. The van der Waals surface area contributed by atoms with Gasteiger partial charge >= 0.3 is 0 Å². The molecule has 45 heavy (non-hydrogen) atoms. The zero-order chi connectivity index (χ0) is 32.8. The molecule has 0 fully saturated rings. The largest absolute Gasteiger partial charge is 0.350 e. The van der Waals surface area contributed by atoms with Gasteiger partial charge in [-0.05, 0) is 87.7 Å². The lowest BCUT2D eigenvalue weighted by atomic mass is 10.0. The second kappa shape index (κ2) is 14.3. The van der Waals surface area contributed by atoms with Gasteiger partial charge in [0.05, 0.1) is 10.6 Å². The van der Waals surface area contributed by atoms with E-state index in [0.29, 0.717) is 10.7 Å². The van der Waals surface area contributed by atoms with Gasteiger partial charge in [-0.25, -0.2) is 8.42 Å². The minimum atomic E-state index is -4.20. The second-order valence-electron chi connectivity index (χ2n) is 12.3. The Morgan fingerprint density at radius 3 is 2.04 bits per heavy atom. The maximum atomic E-state index is 14.5. The van der Waals surface area contributed by atoms with Crippen molar-refractivity contribution in [3.05, 3.63) is 130 Å². The van der Waals surface area contributed by atoms with E-state index in [-0.39, 0.29) is 23.8 Å². The van der Waals surface area contributed by atoms with Crippen molar-refractivity contribution in [2.75, 3.05) is 10.8 Å². The van der Waals surface area contributed by atoms with Crippen LogP contribution < -0.4 is 9.62 Å². The molecule has 0 bridgehead atoms. The third-order valence-corrected chi connectivity index (χ3v) is 9.25. The van der Waals surface area contributed by atoms with E-state index in [1.807, 2.05) is 95.3 Å². The Hall–Kier alpha value is -4.14. The van der Waals surface area contributed by atoms with Crippen LogP contribution in [-0.2, 0) is 32.6 Å². The average molecular weight is 646 g/mol. The monoisotopic (exact) mass is 645 g/mol. The molecule has 0 spiro atoms.